The lowest BCUT2D eigenvalue weighted by molar-refractivity contribution is -0.151. The van der Waals surface area contributed by atoms with Gasteiger partial charge in [-0.3, -0.25) is 4.79 Å². The van der Waals surface area contributed by atoms with E-state index in [9.17, 15) is 4.79 Å². The highest BCUT2D eigenvalue weighted by Gasteiger charge is 2.06. The van der Waals surface area contributed by atoms with Gasteiger partial charge >= 0.3 is 5.97 Å². The quantitative estimate of drug-likeness (QED) is 0.402. The van der Waals surface area contributed by atoms with Gasteiger partial charge in [0.15, 0.2) is 0 Å². The number of nitrogens with one attached hydrogen (secondary N) is 1. The van der Waals surface area contributed by atoms with Crippen LogP contribution in [0.3, 0.4) is 0 Å². The van der Waals surface area contributed by atoms with E-state index in [2.05, 4.69) is 9.74 Å². The normalized spacial score (nSPS) is 10.6. The van der Waals surface area contributed by atoms with Crippen molar-refractivity contribution in [2.24, 2.45) is 5.84 Å². The van der Waals surface area contributed by atoms with Crippen LogP contribution in [0.25, 0.3) is 0 Å². The Morgan fingerprint density at radius 2 is 2.21 bits per heavy atom. The second kappa shape index (κ2) is 8.89. The van der Waals surface area contributed by atoms with Crippen LogP contribution in [0.4, 0.5) is 0 Å². The summed E-state index contributed by atoms with van der Waals surface area (Å²) < 4.78 is 4.94. The van der Waals surface area contributed by atoms with Gasteiger partial charge in [0.1, 0.15) is 0 Å². The van der Waals surface area contributed by atoms with Crippen molar-refractivity contribution < 1.29 is 14.4 Å². The molecule has 84 valence electrons. The van der Waals surface area contributed by atoms with E-state index in [1.807, 2.05) is 12.5 Å². The molecule has 0 spiro atoms. The summed E-state index contributed by atoms with van der Waals surface area (Å²) in [4.78, 5) is 17.4. The van der Waals surface area contributed by atoms with Crippen molar-refractivity contribution in [1.82, 2.24) is 10.5 Å². The lowest BCUT2D eigenvalue weighted by Gasteiger charge is -2.18. The summed E-state index contributed by atoms with van der Waals surface area (Å²) in [5, 5.41) is 0. The second-order valence-corrected chi connectivity index (χ2v) is 2.77. The van der Waals surface area contributed by atoms with Gasteiger partial charge in [0.25, 0.3) is 0 Å². The Kier molecular flexibility index (Phi) is 8.45. The lowest BCUT2D eigenvalue weighted by atomic mass is 10.4. The molecule has 0 aromatic rings. The third kappa shape index (κ3) is 6.79. The molecule has 0 heterocycles. The zero-order valence-electron chi connectivity index (χ0n) is 8.78. The number of carbonyl (C=O) groups excluding carboxylic acids is 1. The minimum Gasteiger partial charge on any atom is -0.383 e. The molecule has 0 bridgehead atoms. The van der Waals surface area contributed by atoms with E-state index in [1.165, 1.54) is 0 Å². The number of methoxy groups -OCH3 is 1. The average Bonchev–Trinajstić information content (AvgIpc) is 2.19. The predicted octanol–water partition coefficient (Wildman–Crippen LogP) is -0.734. The minimum absolute atomic E-state index is 0.321. The molecule has 0 amide bonds. The van der Waals surface area contributed by atoms with Crippen molar-refractivity contribution in [2.45, 2.75) is 13.3 Å². The van der Waals surface area contributed by atoms with Crippen LogP contribution in [-0.4, -0.2) is 44.2 Å². The van der Waals surface area contributed by atoms with Gasteiger partial charge in [0.2, 0.25) is 0 Å². The average molecular weight is 205 g/mol. The summed E-state index contributed by atoms with van der Waals surface area (Å²) >= 11 is 0. The molecular weight excluding hydrogens is 186 g/mol. The Balaban J connectivity index is 3.55. The van der Waals surface area contributed by atoms with Crippen molar-refractivity contribution in [1.29, 1.82) is 0 Å². The summed E-state index contributed by atoms with van der Waals surface area (Å²) in [5.41, 5.74) is 1.86. The molecule has 0 radical (unpaired) electrons. The van der Waals surface area contributed by atoms with Crippen molar-refractivity contribution >= 4 is 5.97 Å². The Hall–Kier alpha value is -0.690. The molecule has 0 rings (SSSR count). The molecule has 0 saturated carbocycles. The van der Waals surface area contributed by atoms with Gasteiger partial charge in [-0.25, -0.2) is 5.84 Å². The maximum atomic E-state index is 10.9. The van der Waals surface area contributed by atoms with Crippen molar-refractivity contribution in [3.63, 3.8) is 0 Å². The van der Waals surface area contributed by atoms with Crippen LogP contribution < -0.4 is 11.4 Å². The number of nitrogens with two attached hydrogens (primary N) is 1. The standard InChI is InChI=1S/C8H19N3O3/c1-3-11(6-7-13-2)5-4-8(12)14-10-9/h10H,3-7,9H2,1-2H3. The summed E-state index contributed by atoms with van der Waals surface area (Å²) in [6.07, 6.45) is 0.321. The highest BCUT2D eigenvalue weighted by molar-refractivity contribution is 5.69. The van der Waals surface area contributed by atoms with Gasteiger partial charge in [0, 0.05) is 20.2 Å². The van der Waals surface area contributed by atoms with Crippen LogP contribution in [0.5, 0.6) is 0 Å². The number of likely N-dealkylation sites (N-methyl/N-ethyl adjacent to an activating group) is 1. The van der Waals surface area contributed by atoms with Crippen LogP contribution in [0.15, 0.2) is 0 Å². The summed E-state index contributed by atoms with van der Waals surface area (Å²) in [6.45, 7) is 5.05. The molecular formula is C8H19N3O3. The van der Waals surface area contributed by atoms with Crippen molar-refractivity contribution in [3.8, 4) is 0 Å². The Bertz CT molecular complexity index is 155. The number of carbonyl (C=O) groups is 1. The van der Waals surface area contributed by atoms with Crippen LogP contribution in [0, 0.1) is 0 Å². The van der Waals surface area contributed by atoms with Crippen molar-refractivity contribution in [2.75, 3.05) is 33.4 Å². The second-order valence-electron chi connectivity index (χ2n) is 2.77. The van der Waals surface area contributed by atoms with E-state index < -0.39 is 0 Å². The van der Waals surface area contributed by atoms with E-state index in [4.69, 9.17) is 10.6 Å². The van der Waals surface area contributed by atoms with E-state index >= 15 is 0 Å². The summed E-state index contributed by atoms with van der Waals surface area (Å²) in [7, 11) is 1.65. The molecule has 0 atom stereocenters. The maximum absolute atomic E-state index is 10.9. The van der Waals surface area contributed by atoms with E-state index in [-0.39, 0.29) is 5.97 Å². The Morgan fingerprint density at radius 3 is 2.71 bits per heavy atom. The van der Waals surface area contributed by atoms with E-state index in [0.717, 1.165) is 13.1 Å². The SMILES string of the molecule is CCN(CCOC)CCC(=O)ONN. The molecule has 6 heteroatoms. The number of nitrogens with zero attached hydrogens (tertiary/aromatic N) is 1. The van der Waals surface area contributed by atoms with Gasteiger partial charge in [-0.1, -0.05) is 12.5 Å². The molecule has 0 unspecified atom stereocenters. The van der Waals surface area contributed by atoms with Crippen LogP contribution in [0.1, 0.15) is 13.3 Å². The van der Waals surface area contributed by atoms with E-state index in [0.29, 0.717) is 19.6 Å². The van der Waals surface area contributed by atoms with Crippen LogP contribution in [0.2, 0.25) is 0 Å². The molecule has 0 aliphatic rings. The summed E-state index contributed by atoms with van der Waals surface area (Å²) in [6, 6.07) is 0. The highest BCUT2D eigenvalue weighted by atomic mass is 16.7. The molecule has 0 aliphatic heterocycles. The first-order chi connectivity index (χ1) is 6.74. The first-order valence-electron chi connectivity index (χ1n) is 4.61. The minimum atomic E-state index is -0.358. The first kappa shape index (κ1) is 13.3. The molecule has 0 aromatic carbocycles. The third-order valence-electron chi connectivity index (χ3n) is 1.86. The van der Waals surface area contributed by atoms with Crippen molar-refractivity contribution in [3.05, 3.63) is 0 Å². The maximum Gasteiger partial charge on any atom is 0.327 e. The molecule has 14 heavy (non-hydrogen) atoms. The molecule has 6 nitrogen and oxygen atoms in total. The van der Waals surface area contributed by atoms with Gasteiger partial charge < -0.3 is 14.5 Å². The molecule has 0 saturated heterocycles. The zero-order valence-corrected chi connectivity index (χ0v) is 8.78. The largest absolute Gasteiger partial charge is 0.383 e. The fraction of sp³-hybridized carbons (Fsp3) is 0.875. The molecule has 3 N–H and O–H groups in total. The monoisotopic (exact) mass is 205 g/mol. The summed E-state index contributed by atoms with van der Waals surface area (Å²) in [5.74, 6) is 4.46. The van der Waals surface area contributed by atoms with E-state index in [1.54, 1.807) is 7.11 Å². The van der Waals surface area contributed by atoms with Crippen LogP contribution in [-0.2, 0) is 14.4 Å². The number of hydrazine groups is 1. The van der Waals surface area contributed by atoms with Gasteiger partial charge in [0.05, 0.1) is 13.0 Å². The number of hydrogen-bond donors (Lipinski definition) is 2. The lowest BCUT2D eigenvalue weighted by Crippen LogP contribution is -2.32. The first-order valence-corrected chi connectivity index (χ1v) is 4.61. The fourth-order valence-electron chi connectivity index (χ4n) is 1.01. The molecule has 0 aromatic heterocycles. The highest BCUT2D eigenvalue weighted by Crippen LogP contribution is 1.92. The smallest absolute Gasteiger partial charge is 0.327 e. The Morgan fingerprint density at radius 1 is 1.50 bits per heavy atom. The molecule has 0 fully saturated rings. The predicted molar refractivity (Wildman–Crippen MR) is 52.0 cm³/mol. The zero-order chi connectivity index (χ0) is 10.8. The van der Waals surface area contributed by atoms with Gasteiger partial charge in [-0.05, 0) is 6.54 Å². The topological polar surface area (TPSA) is 76.8 Å². The van der Waals surface area contributed by atoms with Gasteiger partial charge in [-0.15, -0.1) is 0 Å². The molecule has 0 aliphatic carbocycles. The third-order valence-corrected chi connectivity index (χ3v) is 1.86. The number of rotatable bonds is 8. The number of hydrogen-bond acceptors (Lipinski definition) is 6. The van der Waals surface area contributed by atoms with Crippen LogP contribution >= 0.6 is 0 Å². The number of ether oxygens (including phenoxy) is 1. The Labute approximate surface area is 84.3 Å². The fourth-order valence-corrected chi connectivity index (χ4v) is 1.01. The van der Waals surface area contributed by atoms with Gasteiger partial charge in [-0.2, -0.15) is 0 Å².